The van der Waals surface area contributed by atoms with E-state index in [2.05, 4.69) is 23.0 Å². The molecule has 0 saturated carbocycles. The van der Waals surface area contributed by atoms with Gasteiger partial charge in [-0.2, -0.15) is 23.5 Å². The van der Waals surface area contributed by atoms with E-state index in [1.807, 2.05) is 29.6 Å². The third-order valence-corrected chi connectivity index (χ3v) is 6.16. The first-order valence-corrected chi connectivity index (χ1v) is 9.16. The maximum Gasteiger partial charge on any atom is 0.123 e. The van der Waals surface area contributed by atoms with Crippen LogP contribution in [0.5, 0.6) is 0 Å². The number of hydrogen-bond acceptors (Lipinski definition) is 3. The minimum Gasteiger partial charge on any atom is -0.357 e. The minimum atomic E-state index is -0.173. The van der Waals surface area contributed by atoms with E-state index in [0.717, 1.165) is 23.1 Å². The zero-order chi connectivity index (χ0) is 13.9. The number of benzene rings is 1. The molecule has 1 aliphatic heterocycles. The zero-order valence-electron chi connectivity index (χ0n) is 11.6. The third kappa shape index (κ3) is 3.32. The van der Waals surface area contributed by atoms with Crippen LogP contribution in [0.15, 0.2) is 24.3 Å². The Kier molecular flexibility index (Phi) is 4.58. The summed E-state index contributed by atoms with van der Waals surface area (Å²) < 4.78 is 13.2. The van der Waals surface area contributed by atoms with Gasteiger partial charge in [0, 0.05) is 52.2 Å². The lowest BCUT2D eigenvalue weighted by Gasteiger charge is -2.25. The summed E-state index contributed by atoms with van der Waals surface area (Å²) in [6, 6.07) is 7.59. The Morgan fingerprint density at radius 3 is 2.75 bits per heavy atom. The summed E-state index contributed by atoms with van der Waals surface area (Å²) in [4.78, 5) is 5.80. The Morgan fingerprint density at radius 1 is 1.25 bits per heavy atom. The number of nitrogens with zero attached hydrogens (tertiary/aromatic N) is 1. The van der Waals surface area contributed by atoms with Gasteiger partial charge in [0.1, 0.15) is 5.82 Å². The minimum absolute atomic E-state index is 0.173. The van der Waals surface area contributed by atoms with Crippen molar-refractivity contribution < 1.29 is 4.39 Å². The first-order valence-electron chi connectivity index (χ1n) is 6.85. The van der Waals surface area contributed by atoms with Gasteiger partial charge >= 0.3 is 0 Å². The molecule has 20 heavy (non-hydrogen) atoms. The first kappa shape index (κ1) is 14.3. The molecule has 1 aromatic heterocycles. The van der Waals surface area contributed by atoms with Crippen LogP contribution in [0.3, 0.4) is 0 Å². The fraction of sp³-hybridized carbons (Fsp3) is 0.467. The summed E-state index contributed by atoms with van der Waals surface area (Å²) in [5, 5.41) is 0.956. The molecule has 1 aromatic carbocycles. The molecule has 5 heteroatoms. The third-order valence-electron chi connectivity index (χ3n) is 3.67. The summed E-state index contributed by atoms with van der Waals surface area (Å²) in [6.45, 7) is 0.891. The van der Waals surface area contributed by atoms with Crippen molar-refractivity contribution >= 4 is 34.4 Å². The summed E-state index contributed by atoms with van der Waals surface area (Å²) in [7, 11) is 2.18. The fourth-order valence-electron chi connectivity index (χ4n) is 2.51. The van der Waals surface area contributed by atoms with E-state index in [-0.39, 0.29) is 5.82 Å². The molecule has 0 atom stereocenters. The average Bonchev–Trinajstić information content (AvgIpc) is 2.64. The number of thioether (sulfide) groups is 2. The summed E-state index contributed by atoms with van der Waals surface area (Å²) >= 11 is 4.09. The predicted molar refractivity (Wildman–Crippen MR) is 88.2 cm³/mol. The molecule has 0 spiro atoms. The Bertz CT molecular complexity index is 576. The highest BCUT2D eigenvalue weighted by Crippen LogP contribution is 2.22. The summed E-state index contributed by atoms with van der Waals surface area (Å²) in [5.74, 6) is 4.77. The van der Waals surface area contributed by atoms with Crippen molar-refractivity contribution in [3.8, 4) is 0 Å². The van der Waals surface area contributed by atoms with E-state index in [1.54, 1.807) is 6.07 Å². The molecule has 1 fully saturated rings. The SMILES string of the molecule is CN(Cc1cc2cc(F)ccc2[nH]1)C1CSCCSC1. The second-order valence-corrected chi connectivity index (χ2v) is 7.54. The lowest BCUT2D eigenvalue weighted by molar-refractivity contribution is 0.271. The van der Waals surface area contributed by atoms with Crippen LogP contribution in [0.2, 0.25) is 0 Å². The lowest BCUT2D eigenvalue weighted by Crippen LogP contribution is -2.35. The predicted octanol–water partition coefficient (Wildman–Crippen LogP) is 3.59. The van der Waals surface area contributed by atoms with Gasteiger partial charge in [0.2, 0.25) is 0 Å². The van der Waals surface area contributed by atoms with Gasteiger partial charge in [0.05, 0.1) is 0 Å². The van der Waals surface area contributed by atoms with E-state index < -0.39 is 0 Å². The van der Waals surface area contributed by atoms with Crippen LogP contribution in [-0.4, -0.2) is 46.0 Å². The van der Waals surface area contributed by atoms with Crippen LogP contribution in [0.25, 0.3) is 10.9 Å². The van der Waals surface area contributed by atoms with Crippen LogP contribution in [0.4, 0.5) is 4.39 Å². The van der Waals surface area contributed by atoms with Crippen LogP contribution in [-0.2, 0) is 6.54 Å². The molecule has 0 radical (unpaired) electrons. The van der Waals surface area contributed by atoms with Gasteiger partial charge in [-0.25, -0.2) is 4.39 Å². The van der Waals surface area contributed by atoms with E-state index >= 15 is 0 Å². The molecule has 108 valence electrons. The molecule has 2 aromatic rings. The standard InChI is InChI=1S/C15H19FN2S2/c1-18(14-9-19-4-5-20-10-14)8-13-7-11-6-12(16)2-3-15(11)17-13/h2-3,6-7,14,17H,4-5,8-10H2,1H3. The number of aromatic nitrogens is 1. The smallest absolute Gasteiger partial charge is 0.123 e. The van der Waals surface area contributed by atoms with Crippen LogP contribution in [0.1, 0.15) is 5.69 Å². The quantitative estimate of drug-likeness (QED) is 0.935. The molecule has 0 unspecified atom stereocenters. The first-order chi connectivity index (χ1) is 9.72. The summed E-state index contributed by atoms with van der Waals surface area (Å²) in [5.41, 5.74) is 2.17. The molecule has 0 aliphatic carbocycles. The highest BCUT2D eigenvalue weighted by molar-refractivity contribution is 8.03. The van der Waals surface area contributed by atoms with Crippen LogP contribution in [0, 0.1) is 5.82 Å². The Hall–Kier alpha value is -0.650. The highest BCUT2D eigenvalue weighted by atomic mass is 32.2. The van der Waals surface area contributed by atoms with Crippen LogP contribution >= 0.6 is 23.5 Å². The van der Waals surface area contributed by atoms with Gasteiger partial charge in [-0.15, -0.1) is 0 Å². The molecule has 1 saturated heterocycles. The van der Waals surface area contributed by atoms with Gasteiger partial charge in [0.15, 0.2) is 0 Å². The van der Waals surface area contributed by atoms with Crippen molar-refractivity contribution in [1.29, 1.82) is 0 Å². The number of fused-ring (bicyclic) bond motifs is 1. The number of H-pyrrole nitrogens is 1. The molecular weight excluding hydrogens is 291 g/mol. The Morgan fingerprint density at radius 2 is 2.00 bits per heavy atom. The van der Waals surface area contributed by atoms with Crippen molar-refractivity contribution in [2.75, 3.05) is 30.1 Å². The number of rotatable bonds is 3. The normalized spacial score (nSPS) is 17.8. The van der Waals surface area contributed by atoms with Gasteiger partial charge in [0.25, 0.3) is 0 Å². The molecule has 0 amide bonds. The number of halogens is 1. The molecule has 2 nitrogen and oxygen atoms in total. The van der Waals surface area contributed by atoms with E-state index in [0.29, 0.717) is 6.04 Å². The van der Waals surface area contributed by atoms with E-state index in [1.165, 1.54) is 29.1 Å². The number of aromatic amines is 1. The topological polar surface area (TPSA) is 19.0 Å². The van der Waals surface area contributed by atoms with Gasteiger partial charge in [-0.05, 0) is 31.3 Å². The molecular formula is C15H19FN2S2. The van der Waals surface area contributed by atoms with Crippen molar-refractivity contribution in [3.63, 3.8) is 0 Å². The lowest BCUT2D eigenvalue weighted by atomic mass is 10.2. The highest BCUT2D eigenvalue weighted by Gasteiger charge is 2.18. The van der Waals surface area contributed by atoms with E-state index in [9.17, 15) is 4.39 Å². The molecule has 2 heterocycles. The monoisotopic (exact) mass is 310 g/mol. The fourth-order valence-corrected chi connectivity index (χ4v) is 5.22. The maximum absolute atomic E-state index is 13.2. The van der Waals surface area contributed by atoms with E-state index in [4.69, 9.17) is 0 Å². The van der Waals surface area contributed by atoms with Gasteiger partial charge in [-0.1, -0.05) is 0 Å². The number of hydrogen-bond donors (Lipinski definition) is 1. The van der Waals surface area contributed by atoms with Crippen molar-refractivity contribution in [1.82, 2.24) is 9.88 Å². The maximum atomic E-state index is 13.2. The largest absolute Gasteiger partial charge is 0.357 e. The van der Waals surface area contributed by atoms with Crippen molar-refractivity contribution in [2.24, 2.45) is 0 Å². The van der Waals surface area contributed by atoms with Crippen molar-refractivity contribution in [2.45, 2.75) is 12.6 Å². The van der Waals surface area contributed by atoms with Gasteiger partial charge < -0.3 is 4.98 Å². The molecule has 1 N–H and O–H groups in total. The number of nitrogens with one attached hydrogen (secondary N) is 1. The Balaban J connectivity index is 1.71. The molecule has 3 rings (SSSR count). The average molecular weight is 310 g/mol. The molecule has 1 aliphatic rings. The second-order valence-electron chi connectivity index (χ2n) is 5.24. The summed E-state index contributed by atoms with van der Waals surface area (Å²) in [6.07, 6.45) is 0. The second kappa shape index (κ2) is 6.41. The zero-order valence-corrected chi connectivity index (χ0v) is 13.2. The molecule has 0 bridgehead atoms. The van der Waals surface area contributed by atoms with Gasteiger partial charge in [-0.3, -0.25) is 4.90 Å². The van der Waals surface area contributed by atoms with Crippen molar-refractivity contribution in [3.05, 3.63) is 35.8 Å². The Labute approximate surface area is 127 Å². The van der Waals surface area contributed by atoms with Crippen LogP contribution < -0.4 is 0 Å².